The summed E-state index contributed by atoms with van der Waals surface area (Å²) in [4.78, 5) is 16.7. The van der Waals surface area contributed by atoms with Crippen molar-refractivity contribution in [1.29, 1.82) is 0 Å². The second-order valence-corrected chi connectivity index (χ2v) is 7.35. The van der Waals surface area contributed by atoms with Crippen molar-refractivity contribution in [3.63, 3.8) is 0 Å². The van der Waals surface area contributed by atoms with Gasteiger partial charge in [0.05, 0.1) is 0 Å². The van der Waals surface area contributed by atoms with Crippen molar-refractivity contribution in [3.8, 4) is 0 Å². The molecule has 0 aromatic heterocycles. The molecular formula is C23H45N3O. The van der Waals surface area contributed by atoms with Crippen molar-refractivity contribution < 1.29 is 8.91 Å². The summed E-state index contributed by atoms with van der Waals surface area (Å²) in [6.45, 7) is 2.00. The molecule has 0 saturated carbocycles. The summed E-state index contributed by atoms with van der Waals surface area (Å²) in [5.74, 6) is -0.537. The Morgan fingerprint density at radius 2 is 1.44 bits per heavy atom. The van der Waals surface area contributed by atoms with E-state index in [0.29, 0.717) is 12.8 Å². The molecule has 27 heavy (non-hydrogen) atoms. The highest BCUT2D eigenvalue weighted by Gasteiger charge is 2.04. The van der Waals surface area contributed by atoms with Gasteiger partial charge in [-0.25, -0.2) is 0 Å². The van der Waals surface area contributed by atoms with Gasteiger partial charge in [0, 0.05) is 24.1 Å². The second-order valence-electron chi connectivity index (χ2n) is 7.35. The minimum absolute atomic E-state index is 0.199. The summed E-state index contributed by atoms with van der Waals surface area (Å²) < 4.78 is 22.4. The van der Waals surface area contributed by atoms with Crippen LogP contribution in [0.3, 0.4) is 0 Å². The molecule has 4 nitrogen and oxygen atoms in total. The molecule has 0 aliphatic heterocycles. The number of unbranched alkanes of at least 4 members (excludes halogenated alkanes) is 11. The van der Waals surface area contributed by atoms with Crippen LogP contribution in [0.4, 0.5) is 0 Å². The van der Waals surface area contributed by atoms with E-state index < -0.39 is 6.98 Å². The molecule has 0 aliphatic carbocycles. The summed E-state index contributed by atoms with van der Waals surface area (Å²) in [7, 11) is 0. The molecule has 1 amide bonds. The number of hydrogen-bond donors (Lipinski definition) is 1. The lowest BCUT2D eigenvalue weighted by molar-refractivity contribution is -0.117. The number of carbonyl (C=O) groups is 1. The number of aliphatic imine (C=N–C) groups is 1. The Kier molecular flexibility index (Phi) is 14.7. The number of hydrogen-bond acceptors (Lipinski definition) is 1. The molecule has 0 atom stereocenters. The van der Waals surface area contributed by atoms with Gasteiger partial charge in [-0.1, -0.05) is 77.4 Å². The zero-order chi connectivity index (χ0) is 22.7. The van der Waals surface area contributed by atoms with Gasteiger partial charge in [-0.2, -0.15) is 4.99 Å². The second kappa shape index (κ2) is 19.4. The standard InChI is InChI=1S/C23H45N3O/c1-4-6-7-8-9-10-11-12-13-14-15-16-17-18-19-20-22(27)25-23(24)26(3)21-5-2/h12-13H,4-11,14-21H2,1-3H3,(H2,24,25,27)/b13-12-/i3D3. The number of carbonyl (C=O) groups excluding carboxylic acids is 1. The maximum Gasteiger partial charge on any atom is 0.248 e. The Labute approximate surface area is 172 Å². The van der Waals surface area contributed by atoms with Crippen LogP contribution in [0.2, 0.25) is 0 Å². The first-order valence-corrected chi connectivity index (χ1v) is 11.1. The predicted molar refractivity (Wildman–Crippen MR) is 119 cm³/mol. The van der Waals surface area contributed by atoms with E-state index in [4.69, 9.17) is 9.85 Å². The molecule has 158 valence electrons. The van der Waals surface area contributed by atoms with Crippen LogP contribution in [-0.2, 0) is 4.79 Å². The molecule has 0 unspecified atom stereocenters. The van der Waals surface area contributed by atoms with E-state index in [2.05, 4.69) is 24.1 Å². The van der Waals surface area contributed by atoms with Gasteiger partial charge < -0.3 is 10.6 Å². The fourth-order valence-corrected chi connectivity index (χ4v) is 2.93. The molecule has 0 aliphatic rings. The largest absolute Gasteiger partial charge is 0.369 e. The van der Waals surface area contributed by atoms with Crippen LogP contribution < -0.4 is 5.73 Å². The molecule has 0 aromatic carbocycles. The smallest absolute Gasteiger partial charge is 0.248 e. The Morgan fingerprint density at radius 1 is 0.889 bits per heavy atom. The third-order valence-corrected chi connectivity index (χ3v) is 4.62. The van der Waals surface area contributed by atoms with E-state index in [1.54, 1.807) is 0 Å². The van der Waals surface area contributed by atoms with Gasteiger partial charge in [-0.15, -0.1) is 0 Å². The maximum absolute atomic E-state index is 11.9. The normalized spacial score (nSPS) is 14.1. The third kappa shape index (κ3) is 17.8. The monoisotopic (exact) mass is 382 g/mol. The topological polar surface area (TPSA) is 58.7 Å². The van der Waals surface area contributed by atoms with Crippen molar-refractivity contribution >= 4 is 11.9 Å². The number of nitrogens with zero attached hydrogens (tertiary/aromatic N) is 2. The van der Waals surface area contributed by atoms with E-state index in [1.807, 2.05) is 6.92 Å². The van der Waals surface area contributed by atoms with Crippen LogP contribution in [0, 0.1) is 0 Å². The molecule has 0 fully saturated rings. The van der Waals surface area contributed by atoms with Crippen molar-refractivity contribution in [3.05, 3.63) is 12.2 Å². The molecular weight excluding hydrogens is 334 g/mol. The third-order valence-electron chi connectivity index (χ3n) is 4.62. The van der Waals surface area contributed by atoms with Crippen LogP contribution >= 0.6 is 0 Å². The van der Waals surface area contributed by atoms with Gasteiger partial charge in [-0.3, -0.25) is 4.79 Å². The van der Waals surface area contributed by atoms with E-state index in [-0.39, 0.29) is 18.4 Å². The number of rotatable bonds is 17. The molecule has 4 heteroatoms. The van der Waals surface area contributed by atoms with Gasteiger partial charge in [0.25, 0.3) is 0 Å². The summed E-state index contributed by atoms with van der Waals surface area (Å²) in [5, 5.41) is 0. The first-order valence-electron chi connectivity index (χ1n) is 12.6. The molecule has 0 rings (SSSR count). The lowest BCUT2D eigenvalue weighted by atomic mass is 10.1. The van der Waals surface area contributed by atoms with Crippen LogP contribution in [0.1, 0.15) is 114 Å². The maximum atomic E-state index is 11.9. The molecule has 0 bridgehead atoms. The SMILES string of the molecule is [2H]C([2H])([2H])N(CCC)C(N)=NC(=O)CCCCCCC/C=C\CCCCCCCC. The average molecular weight is 383 g/mol. The summed E-state index contributed by atoms with van der Waals surface area (Å²) in [5.41, 5.74) is 5.74. The Balaban J connectivity index is 3.74. The van der Waals surface area contributed by atoms with E-state index in [1.165, 1.54) is 57.8 Å². The van der Waals surface area contributed by atoms with Crippen molar-refractivity contribution in [2.75, 3.05) is 13.5 Å². The average Bonchev–Trinajstić information content (AvgIpc) is 2.68. The van der Waals surface area contributed by atoms with Crippen LogP contribution in [0.5, 0.6) is 0 Å². The zero-order valence-electron chi connectivity index (χ0n) is 20.8. The zero-order valence-corrected chi connectivity index (χ0v) is 17.8. The van der Waals surface area contributed by atoms with E-state index >= 15 is 0 Å². The molecule has 0 radical (unpaired) electrons. The van der Waals surface area contributed by atoms with Crippen LogP contribution in [0.15, 0.2) is 17.1 Å². The Bertz CT molecular complexity index is 491. The van der Waals surface area contributed by atoms with Crippen molar-refractivity contribution in [2.24, 2.45) is 10.7 Å². The highest BCUT2D eigenvalue weighted by molar-refractivity contribution is 5.92. The van der Waals surface area contributed by atoms with Gasteiger partial charge >= 0.3 is 0 Å². The van der Waals surface area contributed by atoms with E-state index in [0.717, 1.165) is 30.6 Å². The van der Waals surface area contributed by atoms with Crippen molar-refractivity contribution in [2.45, 2.75) is 110 Å². The highest BCUT2D eigenvalue weighted by atomic mass is 16.1. The highest BCUT2D eigenvalue weighted by Crippen LogP contribution is 2.10. The fraction of sp³-hybridized carbons (Fsp3) is 0.826. The Hall–Kier alpha value is -1.32. The van der Waals surface area contributed by atoms with Crippen LogP contribution in [-0.4, -0.2) is 30.3 Å². The van der Waals surface area contributed by atoms with Crippen LogP contribution in [0.25, 0.3) is 0 Å². The number of amides is 1. The first kappa shape index (κ1) is 20.4. The van der Waals surface area contributed by atoms with Gasteiger partial charge in [0.2, 0.25) is 5.91 Å². The summed E-state index contributed by atoms with van der Waals surface area (Å²) in [6, 6.07) is 0. The summed E-state index contributed by atoms with van der Waals surface area (Å²) >= 11 is 0. The predicted octanol–water partition coefficient (Wildman–Crippen LogP) is 6.21. The van der Waals surface area contributed by atoms with Gasteiger partial charge in [0.1, 0.15) is 0 Å². The fourth-order valence-electron chi connectivity index (χ4n) is 2.93. The minimum atomic E-state index is -2.37. The minimum Gasteiger partial charge on any atom is -0.369 e. The number of nitrogens with two attached hydrogens (primary N) is 1. The number of allylic oxidation sites excluding steroid dienone is 2. The lowest BCUT2D eigenvalue weighted by Crippen LogP contribution is -2.35. The lowest BCUT2D eigenvalue weighted by Gasteiger charge is -2.16. The molecule has 0 saturated heterocycles. The Morgan fingerprint density at radius 3 is 2.00 bits per heavy atom. The molecule has 0 heterocycles. The molecule has 2 N–H and O–H groups in total. The first-order chi connectivity index (χ1) is 14.3. The number of guanidine groups is 1. The van der Waals surface area contributed by atoms with E-state index in [9.17, 15) is 4.79 Å². The molecule has 0 spiro atoms. The van der Waals surface area contributed by atoms with Gasteiger partial charge in [0.15, 0.2) is 5.96 Å². The summed E-state index contributed by atoms with van der Waals surface area (Å²) in [6.07, 6.45) is 21.2. The van der Waals surface area contributed by atoms with Crippen molar-refractivity contribution in [1.82, 2.24) is 4.90 Å². The molecule has 0 aromatic rings. The van der Waals surface area contributed by atoms with Gasteiger partial charge in [-0.05, 0) is 38.5 Å². The quantitative estimate of drug-likeness (QED) is 0.141.